The van der Waals surface area contributed by atoms with Crippen molar-refractivity contribution in [3.05, 3.63) is 0 Å². The first-order chi connectivity index (χ1) is 0. The van der Waals surface area contributed by atoms with Gasteiger partial charge in [-0.15, -0.1) is 0 Å². The van der Waals surface area contributed by atoms with Gasteiger partial charge in [-0.05, 0) is 0 Å². The standard InChI is InChI=1S/Cu.Dy.2Se/q+2;+3;2*-2. The molecule has 0 nitrogen and oxygen atoms in total. The fourth-order valence-electron chi connectivity index (χ4n) is 0. The van der Waals surface area contributed by atoms with Gasteiger partial charge in [-0.3, -0.25) is 0 Å². The van der Waals surface area contributed by atoms with Gasteiger partial charge in [-0.25, -0.2) is 0 Å². The van der Waals surface area contributed by atoms with Crippen LogP contribution in [0.25, 0.3) is 0 Å². The van der Waals surface area contributed by atoms with E-state index in [9.17, 15) is 0 Å². The maximum absolute atomic E-state index is 0. The van der Waals surface area contributed by atoms with Gasteiger partial charge in [-0.1, -0.05) is 0 Å². The summed E-state index contributed by atoms with van der Waals surface area (Å²) in [5.74, 6) is 0. The summed E-state index contributed by atoms with van der Waals surface area (Å²) >= 11 is 0. The van der Waals surface area contributed by atoms with Crippen molar-refractivity contribution < 1.29 is 55.2 Å². The van der Waals surface area contributed by atoms with Crippen molar-refractivity contribution in [1.29, 1.82) is 0 Å². The molecule has 4 heavy (non-hydrogen) atoms. The molecule has 0 amide bonds. The predicted molar refractivity (Wildman–Crippen MR) is 11.5 cm³/mol. The van der Waals surface area contributed by atoms with Crippen LogP contribution in [0.3, 0.4) is 0 Å². The minimum Gasteiger partial charge on any atom is -2.00 e. The summed E-state index contributed by atoms with van der Waals surface area (Å²) in [6.45, 7) is 0. The Balaban J connectivity index is 0. The van der Waals surface area contributed by atoms with Crippen LogP contribution in [0.4, 0.5) is 0 Å². The minimum absolute atomic E-state index is 0. The van der Waals surface area contributed by atoms with Crippen LogP contribution in [0.15, 0.2) is 0 Å². The van der Waals surface area contributed by atoms with E-state index in [-0.39, 0.29) is 89.4 Å². The van der Waals surface area contributed by atoms with Gasteiger partial charge in [0.25, 0.3) is 0 Å². The Hall–Kier alpha value is 2.83. The second kappa shape index (κ2) is 17.0. The molecule has 0 fully saturated rings. The van der Waals surface area contributed by atoms with Crippen LogP contribution in [0.5, 0.6) is 0 Å². The molecule has 0 aromatic heterocycles. The molecule has 0 saturated heterocycles. The first-order valence-corrected chi connectivity index (χ1v) is 0. The Labute approximate surface area is 87.7 Å². The molecule has 0 atom stereocenters. The quantitative estimate of drug-likeness (QED) is 0.482. The molecule has 0 bridgehead atoms. The van der Waals surface area contributed by atoms with E-state index in [2.05, 4.69) is 0 Å². The van der Waals surface area contributed by atoms with E-state index in [0.717, 1.165) is 0 Å². The molecule has 0 heterocycles. The van der Waals surface area contributed by atoms with Crippen LogP contribution in [-0.4, -0.2) is 34.1 Å². The number of hydrogen-bond acceptors (Lipinski definition) is 0. The molecule has 0 aliphatic carbocycles. The number of hydrogen-bond donors (Lipinski definition) is 0. The van der Waals surface area contributed by atoms with E-state index >= 15 is 0 Å². The maximum Gasteiger partial charge on any atom is 3.00 e. The van der Waals surface area contributed by atoms with Crippen molar-refractivity contribution in [2.24, 2.45) is 0 Å². The van der Waals surface area contributed by atoms with Crippen molar-refractivity contribution in [1.82, 2.24) is 0 Å². The van der Waals surface area contributed by atoms with Crippen LogP contribution >= 0.6 is 0 Å². The van der Waals surface area contributed by atoms with Crippen LogP contribution in [0.1, 0.15) is 0 Å². The van der Waals surface area contributed by atoms with Gasteiger partial charge >= 0.3 is 55.2 Å². The third kappa shape index (κ3) is 8.85. The second-order valence-corrected chi connectivity index (χ2v) is 0. The molecule has 0 aromatic carbocycles. The second-order valence-electron chi connectivity index (χ2n) is 0. The molecule has 0 spiro atoms. The Morgan fingerprint density at radius 2 is 0.750 bits per heavy atom. The molecular formula is CuDySe2+. The fraction of sp³-hybridized carbons (Fsp3) is 0. The van der Waals surface area contributed by atoms with E-state index in [4.69, 9.17) is 0 Å². The van der Waals surface area contributed by atoms with Crippen LogP contribution in [0.2, 0.25) is 0 Å². The molecular weight excluding hydrogens is 384 g/mol. The average molecular weight is 384 g/mol. The zero-order valence-corrected chi connectivity index (χ0v) is 7.83. The van der Waals surface area contributed by atoms with Crippen molar-refractivity contribution in [2.75, 3.05) is 0 Å². The molecule has 0 aliphatic rings. The smallest absolute Gasteiger partial charge is 2.00 e. The summed E-state index contributed by atoms with van der Waals surface area (Å²) in [6.07, 6.45) is 0. The van der Waals surface area contributed by atoms with Gasteiger partial charge in [0, 0.05) is 0 Å². The van der Waals surface area contributed by atoms with Gasteiger partial charge in [0.2, 0.25) is 0 Å². The van der Waals surface area contributed by atoms with E-state index in [1.165, 1.54) is 0 Å². The summed E-state index contributed by atoms with van der Waals surface area (Å²) in [6, 6.07) is 0. The van der Waals surface area contributed by atoms with Crippen LogP contribution in [-0.2, 0) is 17.1 Å². The fourth-order valence-corrected chi connectivity index (χ4v) is 0. The summed E-state index contributed by atoms with van der Waals surface area (Å²) in [5.41, 5.74) is 0. The van der Waals surface area contributed by atoms with E-state index in [0.29, 0.717) is 0 Å². The molecule has 32 valence electrons. The van der Waals surface area contributed by atoms with Gasteiger partial charge in [0.05, 0.1) is 0 Å². The molecule has 0 unspecified atom stereocenters. The first kappa shape index (κ1) is 29.0. The Bertz CT molecular complexity index is 6.00. The van der Waals surface area contributed by atoms with Crippen molar-refractivity contribution in [2.45, 2.75) is 0 Å². The van der Waals surface area contributed by atoms with Crippen molar-refractivity contribution in [3.8, 4) is 0 Å². The summed E-state index contributed by atoms with van der Waals surface area (Å²) in [4.78, 5) is 0. The number of rotatable bonds is 0. The molecule has 0 N–H and O–H groups in total. The van der Waals surface area contributed by atoms with Gasteiger partial charge < -0.3 is 34.1 Å². The topological polar surface area (TPSA) is 0 Å². The molecule has 0 rings (SSSR count). The predicted octanol–water partition coefficient (Wildman–Crippen LogP) is -0.764. The SMILES string of the molecule is [Cu+2].[Dy+3].[Se-2].[Se-2]. The van der Waals surface area contributed by atoms with Crippen LogP contribution < -0.4 is 0 Å². The molecule has 4 heteroatoms. The zero-order valence-electron chi connectivity index (χ0n) is 1.43. The normalized spacial score (nSPS) is 0. The van der Waals surface area contributed by atoms with Crippen LogP contribution in [0, 0.1) is 38.2 Å². The Morgan fingerprint density at radius 3 is 0.750 bits per heavy atom. The third-order valence-corrected chi connectivity index (χ3v) is 0. The van der Waals surface area contributed by atoms with E-state index in [1.807, 2.05) is 0 Å². The molecule has 0 aromatic rings. The van der Waals surface area contributed by atoms with Gasteiger partial charge in [0.15, 0.2) is 0 Å². The summed E-state index contributed by atoms with van der Waals surface area (Å²) in [7, 11) is 0. The zero-order chi connectivity index (χ0) is 0. The first-order valence-electron chi connectivity index (χ1n) is 0. The summed E-state index contributed by atoms with van der Waals surface area (Å²) < 4.78 is 0. The molecule has 0 aliphatic heterocycles. The average Bonchev–Trinajstić information content (AvgIpc) is 0. The van der Waals surface area contributed by atoms with E-state index in [1.54, 1.807) is 0 Å². The van der Waals surface area contributed by atoms with E-state index < -0.39 is 0 Å². The van der Waals surface area contributed by atoms with Gasteiger partial charge in [0.1, 0.15) is 0 Å². The third-order valence-electron chi connectivity index (χ3n) is 0. The Kier molecular flexibility index (Phi) is 123. The monoisotopic (exact) mass is 387 g/mol. The van der Waals surface area contributed by atoms with Gasteiger partial charge in [-0.2, -0.15) is 0 Å². The van der Waals surface area contributed by atoms with Crippen molar-refractivity contribution >= 4 is 34.1 Å². The Morgan fingerprint density at radius 1 is 0.750 bits per heavy atom. The molecule has 0 saturated carbocycles. The maximum atomic E-state index is 0. The summed E-state index contributed by atoms with van der Waals surface area (Å²) in [5, 5.41) is 0. The van der Waals surface area contributed by atoms with Crippen molar-refractivity contribution in [3.63, 3.8) is 0 Å². The molecule has 2 radical (unpaired) electrons. The minimum atomic E-state index is 0. The largest absolute Gasteiger partial charge is 3.00 e.